The van der Waals surface area contributed by atoms with Gasteiger partial charge in [-0.15, -0.1) is 0 Å². The van der Waals surface area contributed by atoms with E-state index in [2.05, 4.69) is 26.0 Å². The van der Waals surface area contributed by atoms with Gasteiger partial charge in [-0.1, -0.05) is 18.2 Å². The second-order valence-corrected chi connectivity index (χ2v) is 6.40. The molecule has 4 rings (SSSR count). The third kappa shape index (κ3) is 2.17. The Morgan fingerprint density at radius 1 is 1.09 bits per heavy atom. The summed E-state index contributed by atoms with van der Waals surface area (Å²) in [7, 11) is -0.971. The lowest BCUT2D eigenvalue weighted by Crippen LogP contribution is -1.87. The fourth-order valence-electron chi connectivity index (χ4n) is 2.45. The van der Waals surface area contributed by atoms with Crippen LogP contribution >= 0.6 is 0 Å². The van der Waals surface area contributed by atoms with E-state index in [0.29, 0.717) is 5.65 Å². The number of aromatic amines is 1. The van der Waals surface area contributed by atoms with E-state index < -0.39 is 10.8 Å². The lowest BCUT2D eigenvalue weighted by atomic mass is 10.1. The molecule has 5 nitrogen and oxygen atoms in total. The molecular weight excluding hydrogens is 296 g/mol. The summed E-state index contributed by atoms with van der Waals surface area (Å²) in [5.41, 5.74) is 2.45. The fourth-order valence-corrected chi connectivity index (χ4v) is 3.00. The standard InChI is InChI=1S/C16H12N4OS/c1-22(21)13-5-4-10-6-12(3-2-11(10)7-13)15-19-14-8-17-9-18-16(14)20-15/h2-9H,1H3,(H,17,18,19,20). The summed E-state index contributed by atoms with van der Waals surface area (Å²) in [5, 5.41) is 2.14. The Balaban J connectivity index is 1.85. The van der Waals surface area contributed by atoms with E-state index in [-0.39, 0.29) is 0 Å². The minimum absolute atomic E-state index is 0.654. The average molecular weight is 308 g/mol. The van der Waals surface area contributed by atoms with Crippen LogP contribution < -0.4 is 0 Å². The van der Waals surface area contributed by atoms with Crippen molar-refractivity contribution >= 4 is 32.7 Å². The summed E-state index contributed by atoms with van der Waals surface area (Å²) >= 11 is 0. The molecule has 0 spiro atoms. The first kappa shape index (κ1) is 13.1. The summed E-state index contributed by atoms with van der Waals surface area (Å²) in [6.45, 7) is 0. The minimum Gasteiger partial charge on any atom is -0.335 e. The van der Waals surface area contributed by atoms with Crippen molar-refractivity contribution in [3.05, 3.63) is 48.9 Å². The number of hydrogen-bond acceptors (Lipinski definition) is 4. The molecule has 22 heavy (non-hydrogen) atoms. The van der Waals surface area contributed by atoms with E-state index in [1.807, 2.05) is 30.3 Å². The Labute approximate surface area is 128 Å². The molecule has 0 aliphatic heterocycles. The molecule has 0 fully saturated rings. The van der Waals surface area contributed by atoms with Crippen molar-refractivity contribution in [2.24, 2.45) is 0 Å². The van der Waals surface area contributed by atoms with E-state index in [9.17, 15) is 4.21 Å². The van der Waals surface area contributed by atoms with Crippen LogP contribution in [0.4, 0.5) is 0 Å². The second-order valence-electron chi connectivity index (χ2n) is 5.02. The maximum atomic E-state index is 11.6. The van der Waals surface area contributed by atoms with Gasteiger partial charge in [0.1, 0.15) is 17.7 Å². The summed E-state index contributed by atoms with van der Waals surface area (Å²) in [6, 6.07) is 11.9. The molecule has 1 atom stereocenters. The van der Waals surface area contributed by atoms with Gasteiger partial charge in [0.25, 0.3) is 0 Å². The third-order valence-corrected chi connectivity index (χ3v) is 4.50. The third-order valence-electron chi connectivity index (χ3n) is 3.58. The first-order valence-electron chi connectivity index (χ1n) is 6.74. The van der Waals surface area contributed by atoms with Gasteiger partial charge in [0, 0.05) is 27.5 Å². The van der Waals surface area contributed by atoms with Gasteiger partial charge in [-0.25, -0.2) is 15.0 Å². The van der Waals surface area contributed by atoms with Gasteiger partial charge >= 0.3 is 0 Å². The lowest BCUT2D eigenvalue weighted by molar-refractivity contribution is 0.687. The van der Waals surface area contributed by atoms with E-state index >= 15 is 0 Å². The van der Waals surface area contributed by atoms with E-state index in [0.717, 1.165) is 32.6 Å². The van der Waals surface area contributed by atoms with E-state index in [1.165, 1.54) is 6.33 Å². The van der Waals surface area contributed by atoms with Crippen LogP contribution in [-0.2, 0) is 10.8 Å². The Morgan fingerprint density at radius 3 is 2.73 bits per heavy atom. The van der Waals surface area contributed by atoms with Gasteiger partial charge in [0.05, 0.1) is 6.20 Å². The Hall–Kier alpha value is -2.60. The smallest absolute Gasteiger partial charge is 0.181 e. The lowest BCUT2D eigenvalue weighted by Gasteiger charge is -2.03. The molecule has 0 saturated carbocycles. The number of hydrogen-bond donors (Lipinski definition) is 1. The summed E-state index contributed by atoms with van der Waals surface area (Å²) in [5.74, 6) is 0.764. The maximum Gasteiger partial charge on any atom is 0.181 e. The summed E-state index contributed by atoms with van der Waals surface area (Å²) in [6.07, 6.45) is 4.88. The zero-order chi connectivity index (χ0) is 15.1. The van der Waals surface area contributed by atoms with E-state index in [1.54, 1.807) is 12.5 Å². The Bertz CT molecular complexity index is 992. The zero-order valence-electron chi connectivity index (χ0n) is 11.8. The molecule has 0 aliphatic rings. The van der Waals surface area contributed by atoms with Crippen LogP contribution in [0.25, 0.3) is 33.3 Å². The normalized spacial score (nSPS) is 12.8. The Kier molecular flexibility index (Phi) is 2.97. The minimum atomic E-state index is -0.971. The highest BCUT2D eigenvalue weighted by atomic mass is 32.2. The highest BCUT2D eigenvalue weighted by Crippen LogP contribution is 2.25. The fraction of sp³-hybridized carbons (Fsp3) is 0.0625. The van der Waals surface area contributed by atoms with Crippen molar-refractivity contribution < 1.29 is 4.21 Å². The number of fused-ring (bicyclic) bond motifs is 2. The largest absolute Gasteiger partial charge is 0.335 e. The van der Waals surface area contributed by atoms with Crippen LogP contribution in [0.5, 0.6) is 0 Å². The SMILES string of the molecule is CS(=O)c1ccc2cc(-c3nc4ncncc4[nH]3)ccc2c1. The number of rotatable bonds is 2. The second kappa shape index (κ2) is 4.99. The van der Waals surface area contributed by atoms with Gasteiger partial charge in [-0.3, -0.25) is 4.21 Å². The highest BCUT2D eigenvalue weighted by Gasteiger charge is 2.07. The first-order valence-corrected chi connectivity index (χ1v) is 8.30. The molecule has 108 valence electrons. The molecule has 0 aliphatic carbocycles. The molecule has 2 aromatic carbocycles. The van der Waals surface area contributed by atoms with Crippen molar-refractivity contribution in [1.29, 1.82) is 0 Å². The van der Waals surface area contributed by atoms with Gasteiger partial charge < -0.3 is 4.98 Å². The van der Waals surface area contributed by atoms with Crippen LogP contribution in [0, 0.1) is 0 Å². The molecule has 6 heteroatoms. The number of nitrogens with one attached hydrogen (secondary N) is 1. The Morgan fingerprint density at radius 2 is 1.91 bits per heavy atom. The molecule has 2 heterocycles. The van der Waals surface area contributed by atoms with Crippen LogP contribution in [0.3, 0.4) is 0 Å². The maximum absolute atomic E-state index is 11.6. The predicted octanol–water partition coefficient (Wildman–Crippen LogP) is 2.91. The molecular formula is C16H12N4OS. The van der Waals surface area contributed by atoms with Gasteiger partial charge in [-0.2, -0.15) is 0 Å². The summed E-state index contributed by atoms with van der Waals surface area (Å²) < 4.78 is 11.6. The molecule has 2 aromatic heterocycles. The van der Waals surface area contributed by atoms with Crippen LogP contribution in [0.2, 0.25) is 0 Å². The average Bonchev–Trinajstić information content (AvgIpc) is 2.97. The zero-order valence-corrected chi connectivity index (χ0v) is 12.6. The van der Waals surface area contributed by atoms with Crippen molar-refractivity contribution in [3.63, 3.8) is 0 Å². The number of aromatic nitrogens is 4. The van der Waals surface area contributed by atoms with Crippen molar-refractivity contribution in [2.75, 3.05) is 6.26 Å². The molecule has 0 saturated heterocycles. The van der Waals surface area contributed by atoms with Crippen LogP contribution in [0.15, 0.2) is 53.8 Å². The predicted molar refractivity (Wildman–Crippen MR) is 87.0 cm³/mol. The topological polar surface area (TPSA) is 71.5 Å². The van der Waals surface area contributed by atoms with Gasteiger partial charge in [0.15, 0.2) is 5.65 Å². The molecule has 0 amide bonds. The molecule has 4 aromatic rings. The van der Waals surface area contributed by atoms with Gasteiger partial charge in [-0.05, 0) is 29.0 Å². The summed E-state index contributed by atoms with van der Waals surface area (Å²) in [4.78, 5) is 16.7. The number of benzene rings is 2. The van der Waals surface area contributed by atoms with Crippen LogP contribution in [0.1, 0.15) is 0 Å². The van der Waals surface area contributed by atoms with E-state index in [4.69, 9.17) is 0 Å². The number of imidazole rings is 1. The molecule has 0 radical (unpaired) electrons. The van der Waals surface area contributed by atoms with Crippen molar-refractivity contribution in [1.82, 2.24) is 19.9 Å². The number of H-pyrrole nitrogens is 1. The van der Waals surface area contributed by atoms with Gasteiger partial charge in [0.2, 0.25) is 0 Å². The number of nitrogens with zero attached hydrogens (tertiary/aromatic N) is 3. The first-order chi connectivity index (χ1) is 10.7. The molecule has 1 unspecified atom stereocenters. The van der Waals surface area contributed by atoms with Crippen LogP contribution in [-0.4, -0.2) is 30.4 Å². The molecule has 0 bridgehead atoms. The molecule has 1 N–H and O–H groups in total. The highest BCUT2D eigenvalue weighted by molar-refractivity contribution is 7.84. The quantitative estimate of drug-likeness (QED) is 0.618. The monoisotopic (exact) mass is 308 g/mol. The van der Waals surface area contributed by atoms with Crippen molar-refractivity contribution in [2.45, 2.75) is 4.90 Å². The van der Waals surface area contributed by atoms with Crippen molar-refractivity contribution in [3.8, 4) is 11.4 Å².